The second-order valence-corrected chi connectivity index (χ2v) is 5.93. The summed E-state index contributed by atoms with van der Waals surface area (Å²) < 4.78 is 4.48. The van der Waals surface area contributed by atoms with Crippen molar-refractivity contribution in [1.82, 2.24) is 0 Å². The Bertz CT molecular complexity index is 508. The Morgan fingerprint density at radius 1 is 0.808 bits per heavy atom. The monoisotopic (exact) mass is 358 g/mol. The number of hydrogen-bond acceptors (Lipinski definition) is 3. The molecule has 1 atom stereocenters. The van der Waals surface area contributed by atoms with E-state index < -0.39 is 0 Å². The van der Waals surface area contributed by atoms with Gasteiger partial charge >= 0.3 is 5.97 Å². The summed E-state index contributed by atoms with van der Waals surface area (Å²) in [5, 5.41) is 9.85. The molecular weight excluding hydrogens is 324 g/mol. The van der Waals surface area contributed by atoms with Crippen LogP contribution in [0.5, 0.6) is 0 Å². The van der Waals surface area contributed by atoms with Gasteiger partial charge in [-0.25, -0.2) is 4.79 Å². The zero-order valence-corrected chi connectivity index (χ0v) is 16.2. The molecule has 0 aliphatic carbocycles. The zero-order valence-electron chi connectivity index (χ0n) is 16.2. The number of aliphatic hydroxyl groups excluding tert-OH is 1. The lowest BCUT2D eigenvalue weighted by Gasteiger charge is -2.04. The predicted octanol–water partition coefficient (Wildman–Crippen LogP) is 5.61. The number of ether oxygens (including phenoxy) is 1. The number of esters is 1. The Hall–Kier alpha value is -2.13. The topological polar surface area (TPSA) is 46.5 Å². The number of methoxy groups -OCH3 is 1. The molecule has 0 aromatic heterocycles. The van der Waals surface area contributed by atoms with Crippen molar-refractivity contribution < 1.29 is 14.6 Å². The number of carbonyl (C=O) groups is 1. The molecule has 0 aliphatic rings. The molecule has 0 saturated heterocycles. The average Bonchev–Trinajstić information content (AvgIpc) is 2.65. The molecule has 0 radical (unpaired) electrons. The number of unbranched alkanes of at least 4 members (excludes halogenated alkanes) is 5. The molecular formula is C23H34O3. The minimum Gasteiger partial charge on any atom is -0.466 e. The molecule has 0 saturated carbocycles. The number of rotatable bonds is 14. The number of allylic oxidation sites excluding steroid dienone is 10. The van der Waals surface area contributed by atoms with E-state index in [9.17, 15) is 9.90 Å². The lowest BCUT2D eigenvalue weighted by atomic mass is 10.1. The van der Waals surface area contributed by atoms with E-state index >= 15 is 0 Å². The number of hydrogen-bond donors (Lipinski definition) is 1. The second-order valence-electron chi connectivity index (χ2n) is 5.93. The summed E-state index contributed by atoms with van der Waals surface area (Å²) in [6.45, 7) is 2.22. The van der Waals surface area contributed by atoms with E-state index in [-0.39, 0.29) is 12.1 Å². The van der Waals surface area contributed by atoms with Crippen molar-refractivity contribution >= 4 is 5.97 Å². The fraction of sp³-hybridized carbons (Fsp3) is 0.435. The maximum absolute atomic E-state index is 10.8. The first-order valence-corrected chi connectivity index (χ1v) is 9.48. The second kappa shape index (κ2) is 19.2. The van der Waals surface area contributed by atoms with E-state index in [0.717, 1.165) is 12.8 Å². The van der Waals surface area contributed by atoms with Crippen LogP contribution in [0.15, 0.2) is 72.9 Å². The van der Waals surface area contributed by atoms with Gasteiger partial charge in [0, 0.05) is 6.08 Å². The van der Waals surface area contributed by atoms with Gasteiger partial charge in [0.1, 0.15) is 0 Å². The van der Waals surface area contributed by atoms with Crippen molar-refractivity contribution in [1.29, 1.82) is 0 Å². The van der Waals surface area contributed by atoms with Gasteiger partial charge in [0.2, 0.25) is 0 Å². The number of carbonyl (C=O) groups excluding carboxylic acids is 1. The van der Waals surface area contributed by atoms with Crippen LogP contribution in [0.3, 0.4) is 0 Å². The average molecular weight is 359 g/mol. The van der Waals surface area contributed by atoms with Gasteiger partial charge in [0.25, 0.3) is 0 Å². The van der Waals surface area contributed by atoms with Gasteiger partial charge in [-0.15, -0.1) is 0 Å². The molecule has 0 rings (SSSR count). The minimum absolute atomic E-state index is 0.349. The van der Waals surface area contributed by atoms with Crippen LogP contribution in [0, 0.1) is 0 Å². The Kier molecular flexibility index (Phi) is 17.6. The first-order chi connectivity index (χ1) is 12.7. The molecule has 1 N–H and O–H groups in total. The lowest BCUT2D eigenvalue weighted by Crippen LogP contribution is -2.01. The van der Waals surface area contributed by atoms with Gasteiger partial charge in [-0.1, -0.05) is 112 Å². The molecule has 1 unspecified atom stereocenters. The van der Waals surface area contributed by atoms with Crippen LogP contribution >= 0.6 is 0 Å². The van der Waals surface area contributed by atoms with Crippen LogP contribution < -0.4 is 0 Å². The van der Waals surface area contributed by atoms with Crippen LogP contribution in [0.25, 0.3) is 0 Å². The zero-order chi connectivity index (χ0) is 19.3. The SMILES string of the molecule is CCCCCCCCC(O)C=CC=CC=CC=CC=CC=CC(=O)OC. The molecule has 0 aliphatic heterocycles. The van der Waals surface area contributed by atoms with Crippen molar-refractivity contribution in [2.75, 3.05) is 7.11 Å². The van der Waals surface area contributed by atoms with Crippen molar-refractivity contribution in [3.8, 4) is 0 Å². The summed E-state index contributed by atoms with van der Waals surface area (Å²) in [4.78, 5) is 10.8. The smallest absolute Gasteiger partial charge is 0.330 e. The van der Waals surface area contributed by atoms with E-state index in [1.807, 2.05) is 54.7 Å². The Balaban J connectivity index is 3.79. The summed E-state index contributed by atoms with van der Waals surface area (Å²) in [5.41, 5.74) is 0. The molecule has 3 heteroatoms. The standard InChI is InChI=1S/C23H34O3/c1-3-4-5-6-13-16-19-22(24)20-17-14-11-9-7-8-10-12-15-18-21-23(25)26-2/h7-12,14-15,17-18,20-22,24H,3-6,13,16,19H2,1-2H3. The van der Waals surface area contributed by atoms with E-state index in [1.54, 1.807) is 12.2 Å². The molecule has 0 fully saturated rings. The van der Waals surface area contributed by atoms with E-state index in [1.165, 1.54) is 45.3 Å². The van der Waals surface area contributed by atoms with Crippen LogP contribution in [0.1, 0.15) is 51.9 Å². The van der Waals surface area contributed by atoms with Crippen LogP contribution in [0.4, 0.5) is 0 Å². The van der Waals surface area contributed by atoms with Crippen molar-refractivity contribution in [3.63, 3.8) is 0 Å². The highest BCUT2D eigenvalue weighted by Crippen LogP contribution is 2.09. The van der Waals surface area contributed by atoms with Crippen LogP contribution in [0.2, 0.25) is 0 Å². The first-order valence-electron chi connectivity index (χ1n) is 9.48. The van der Waals surface area contributed by atoms with E-state index in [4.69, 9.17) is 0 Å². The summed E-state index contributed by atoms with van der Waals surface area (Å²) in [5.74, 6) is -0.367. The molecule has 3 nitrogen and oxygen atoms in total. The molecule has 0 aromatic rings. The van der Waals surface area contributed by atoms with E-state index in [2.05, 4.69) is 11.7 Å². The van der Waals surface area contributed by atoms with E-state index in [0.29, 0.717) is 0 Å². The van der Waals surface area contributed by atoms with Crippen LogP contribution in [-0.2, 0) is 9.53 Å². The fourth-order valence-corrected chi connectivity index (χ4v) is 2.14. The van der Waals surface area contributed by atoms with Gasteiger partial charge in [-0.2, -0.15) is 0 Å². The highest BCUT2D eigenvalue weighted by molar-refractivity contribution is 5.82. The van der Waals surface area contributed by atoms with Gasteiger partial charge in [-0.3, -0.25) is 0 Å². The third kappa shape index (κ3) is 18.2. The Labute approximate surface area is 159 Å². The molecule has 0 bridgehead atoms. The summed E-state index contributed by atoms with van der Waals surface area (Å²) in [7, 11) is 1.35. The normalized spacial score (nSPS) is 14.1. The quantitative estimate of drug-likeness (QED) is 0.190. The first kappa shape index (κ1) is 23.9. The molecule has 144 valence electrons. The lowest BCUT2D eigenvalue weighted by molar-refractivity contribution is -0.134. The summed E-state index contributed by atoms with van der Waals surface area (Å²) >= 11 is 0. The third-order valence-electron chi connectivity index (χ3n) is 3.62. The molecule has 0 spiro atoms. The fourth-order valence-electron chi connectivity index (χ4n) is 2.14. The van der Waals surface area contributed by atoms with Gasteiger partial charge in [-0.05, 0) is 6.42 Å². The van der Waals surface area contributed by atoms with Crippen LogP contribution in [-0.4, -0.2) is 24.3 Å². The highest BCUT2D eigenvalue weighted by atomic mass is 16.5. The minimum atomic E-state index is -0.367. The molecule has 0 aromatic carbocycles. The Morgan fingerprint density at radius 2 is 1.31 bits per heavy atom. The highest BCUT2D eigenvalue weighted by Gasteiger charge is 1.97. The third-order valence-corrected chi connectivity index (χ3v) is 3.62. The van der Waals surface area contributed by atoms with Crippen molar-refractivity contribution in [2.45, 2.75) is 58.0 Å². The Morgan fingerprint density at radius 3 is 1.88 bits per heavy atom. The van der Waals surface area contributed by atoms with Gasteiger partial charge < -0.3 is 9.84 Å². The maximum atomic E-state index is 10.8. The maximum Gasteiger partial charge on any atom is 0.330 e. The summed E-state index contributed by atoms with van der Waals surface area (Å²) in [6, 6.07) is 0. The molecule has 26 heavy (non-hydrogen) atoms. The molecule has 0 amide bonds. The number of aliphatic hydroxyl groups is 1. The van der Waals surface area contributed by atoms with Crippen molar-refractivity contribution in [2.24, 2.45) is 0 Å². The predicted molar refractivity (Wildman–Crippen MR) is 111 cm³/mol. The van der Waals surface area contributed by atoms with Gasteiger partial charge in [0.05, 0.1) is 13.2 Å². The molecule has 0 heterocycles. The summed E-state index contributed by atoms with van der Waals surface area (Å²) in [6.07, 6.45) is 29.7. The largest absolute Gasteiger partial charge is 0.466 e. The van der Waals surface area contributed by atoms with Gasteiger partial charge in [0.15, 0.2) is 0 Å². The van der Waals surface area contributed by atoms with Crippen molar-refractivity contribution in [3.05, 3.63) is 72.9 Å².